The van der Waals surface area contributed by atoms with Crippen molar-refractivity contribution in [2.24, 2.45) is 0 Å². The van der Waals surface area contributed by atoms with E-state index in [9.17, 15) is 9.59 Å². The van der Waals surface area contributed by atoms with Gasteiger partial charge < -0.3 is 15.3 Å². The van der Waals surface area contributed by atoms with Crippen LogP contribution in [0.25, 0.3) is 0 Å². The Balaban J connectivity index is 4.37. The van der Waals surface area contributed by atoms with Gasteiger partial charge in [-0.3, -0.25) is 14.5 Å². The highest BCUT2D eigenvalue weighted by atomic mass is 16.4. The topological polar surface area (TPSA) is 98.1 Å². The summed E-state index contributed by atoms with van der Waals surface area (Å²) < 4.78 is 0. The molecule has 3 N–H and O–H groups in total. The summed E-state index contributed by atoms with van der Waals surface area (Å²) in [4.78, 5) is 21.9. The largest absolute Gasteiger partial charge is 0.480 e. The van der Waals surface area contributed by atoms with Crippen LogP contribution in [0.1, 0.15) is 6.92 Å². The van der Waals surface area contributed by atoms with E-state index in [4.69, 9.17) is 15.3 Å². The van der Waals surface area contributed by atoms with Crippen LogP contribution in [-0.4, -0.2) is 57.9 Å². The molecule has 0 saturated heterocycles. The number of hydrogen-bond acceptors (Lipinski definition) is 4. The fourth-order valence-corrected chi connectivity index (χ4v) is 1.07. The number of aliphatic hydroxyl groups excluding tert-OH is 1. The van der Waals surface area contributed by atoms with Crippen molar-refractivity contribution in [3.05, 3.63) is 0 Å². The van der Waals surface area contributed by atoms with Crippen LogP contribution < -0.4 is 0 Å². The molecule has 0 aliphatic rings. The molecule has 0 bridgehead atoms. The molecule has 0 aromatic carbocycles. The lowest BCUT2D eigenvalue weighted by molar-refractivity contribution is -0.149. The Labute approximate surface area is 75.4 Å². The predicted octanol–water partition coefficient (Wildman–Crippen LogP) is -1.16. The van der Waals surface area contributed by atoms with Crippen LogP contribution in [-0.2, 0) is 9.59 Å². The summed E-state index contributed by atoms with van der Waals surface area (Å²) in [5.74, 6) is -2.37. The lowest BCUT2D eigenvalue weighted by Gasteiger charge is -2.24. The van der Waals surface area contributed by atoms with Gasteiger partial charge in [0.2, 0.25) is 0 Å². The van der Waals surface area contributed by atoms with Crippen LogP contribution in [0.4, 0.5) is 0 Å². The summed E-state index contributed by atoms with van der Waals surface area (Å²) >= 11 is 0. The molecule has 13 heavy (non-hydrogen) atoms. The van der Waals surface area contributed by atoms with Gasteiger partial charge in [0.05, 0.1) is 12.6 Å². The van der Waals surface area contributed by atoms with Gasteiger partial charge >= 0.3 is 11.9 Å². The van der Waals surface area contributed by atoms with Crippen molar-refractivity contribution in [2.45, 2.75) is 19.1 Å². The molecule has 0 aromatic heterocycles. The lowest BCUT2D eigenvalue weighted by atomic mass is 10.1. The summed E-state index contributed by atoms with van der Waals surface area (Å²) in [6, 6.07) is -1.18. The van der Waals surface area contributed by atoms with Crippen LogP contribution in [0.5, 0.6) is 0 Å². The number of nitrogens with zero attached hydrogens (tertiary/aromatic N) is 1. The first-order chi connectivity index (χ1) is 5.86. The van der Waals surface area contributed by atoms with Gasteiger partial charge in [-0.1, -0.05) is 0 Å². The summed E-state index contributed by atoms with van der Waals surface area (Å²) in [6.45, 7) is 0.888. The fourth-order valence-electron chi connectivity index (χ4n) is 1.07. The molecule has 0 heterocycles. The molecule has 0 aliphatic carbocycles. The quantitative estimate of drug-likeness (QED) is 0.507. The molecule has 76 valence electrons. The average Bonchev–Trinajstić information content (AvgIpc) is 1.81. The predicted molar refractivity (Wildman–Crippen MR) is 43.4 cm³/mol. The molecule has 6 nitrogen and oxygen atoms in total. The van der Waals surface area contributed by atoms with E-state index >= 15 is 0 Å². The van der Waals surface area contributed by atoms with Crippen molar-refractivity contribution in [2.75, 3.05) is 13.6 Å². The highest BCUT2D eigenvalue weighted by Gasteiger charge is 2.28. The van der Waals surface area contributed by atoms with Gasteiger partial charge in [0.15, 0.2) is 0 Å². The Bertz CT molecular complexity index is 203. The highest BCUT2D eigenvalue weighted by Crippen LogP contribution is 2.02. The van der Waals surface area contributed by atoms with Gasteiger partial charge in [-0.05, 0) is 14.0 Å². The second-order valence-corrected chi connectivity index (χ2v) is 2.83. The number of rotatable bonds is 5. The molecule has 2 atom stereocenters. The molecule has 0 radical (unpaired) electrons. The number of carboxylic acids is 2. The standard InChI is InChI=1S/C7H13NO5/c1-4(9)6(7(12)13)8(2)3-5(10)11/h4,6,9H,3H2,1-2H3,(H,10,11)(H,12,13)/t4-,6+/m1/s1. The molecule has 0 spiro atoms. The van der Waals surface area contributed by atoms with Crippen LogP contribution >= 0.6 is 0 Å². The second kappa shape index (κ2) is 4.78. The van der Waals surface area contributed by atoms with E-state index in [0.29, 0.717) is 0 Å². The lowest BCUT2D eigenvalue weighted by Crippen LogP contribution is -2.47. The Hall–Kier alpha value is -1.14. The van der Waals surface area contributed by atoms with E-state index in [0.717, 1.165) is 4.90 Å². The molecular formula is C7H13NO5. The van der Waals surface area contributed by atoms with E-state index in [1.54, 1.807) is 0 Å². The van der Waals surface area contributed by atoms with Crippen LogP contribution in [0.15, 0.2) is 0 Å². The maximum atomic E-state index is 10.6. The van der Waals surface area contributed by atoms with Crippen molar-refractivity contribution in [1.82, 2.24) is 4.90 Å². The van der Waals surface area contributed by atoms with Gasteiger partial charge in [0.1, 0.15) is 6.04 Å². The molecule has 6 heteroatoms. The number of aliphatic carboxylic acids is 2. The van der Waals surface area contributed by atoms with Gasteiger partial charge in [-0.15, -0.1) is 0 Å². The monoisotopic (exact) mass is 191 g/mol. The zero-order valence-electron chi connectivity index (χ0n) is 7.47. The number of aliphatic hydroxyl groups is 1. The van der Waals surface area contributed by atoms with Gasteiger partial charge in [0, 0.05) is 0 Å². The number of hydrogen-bond donors (Lipinski definition) is 3. The van der Waals surface area contributed by atoms with E-state index in [-0.39, 0.29) is 0 Å². The Morgan fingerprint density at radius 3 is 2.08 bits per heavy atom. The minimum absolute atomic E-state index is 0.415. The van der Waals surface area contributed by atoms with Crippen molar-refractivity contribution in [1.29, 1.82) is 0 Å². The number of likely N-dealkylation sites (N-methyl/N-ethyl adjacent to an activating group) is 1. The fraction of sp³-hybridized carbons (Fsp3) is 0.714. The Morgan fingerprint density at radius 2 is 1.85 bits per heavy atom. The zero-order chi connectivity index (χ0) is 10.6. The summed E-state index contributed by atoms with van der Waals surface area (Å²) in [5.41, 5.74) is 0. The zero-order valence-corrected chi connectivity index (χ0v) is 7.47. The molecule has 0 aliphatic heterocycles. The third-order valence-corrected chi connectivity index (χ3v) is 1.57. The van der Waals surface area contributed by atoms with Crippen molar-refractivity contribution in [3.63, 3.8) is 0 Å². The smallest absolute Gasteiger partial charge is 0.323 e. The van der Waals surface area contributed by atoms with Gasteiger partial charge in [-0.25, -0.2) is 0 Å². The molecule has 0 rings (SSSR count). The average molecular weight is 191 g/mol. The SMILES string of the molecule is C[C@@H](O)[C@@H](C(=O)O)N(C)CC(=O)O. The van der Waals surface area contributed by atoms with Gasteiger partial charge in [-0.2, -0.15) is 0 Å². The van der Waals surface area contributed by atoms with Gasteiger partial charge in [0.25, 0.3) is 0 Å². The van der Waals surface area contributed by atoms with E-state index in [1.165, 1.54) is 14.0 Å². The Morgan fingerprint density at radius 1 is 1.38 bits per heavy atom. The minimum Gasteiger partial charge on any atom is -0.480 e. The van der Waals surface area contributed by atoms with E-state index in [1.807, 2.05) is 0 Å². The maximum Gasteiger partial charge on any atom is 0.323 e. The van der Waals surface area contributed by atoms with Crippen LogP contribution in [0, 0.1) is 0 Å². The molecule has 0 fully saturated rings. The normalized spacial score (nSPS) is 15.4. The first kappa shape index (κ1) is 11.9. The van der Waals surface area contributed by atoms with Crippen LogP contribution in [0.3, 0.4) is 0 Å². The summed E-state index contributed by atoms with van der Waals surface area (Å²) in [7, 11) is 1.33. The van der Waals surface area contributed by atoms with Crippen LogP contribution in [0.2, 0.25) is 0 Å². The van der Waals surface area contributed by atoms with Crippen molar-refractivity contribution < 1.29 is 24.9 Å². The summed E-state index contributed by atoms with van der Waals surface area (Å²) in [5, 5.41) is 26.1. The maximum absolute atomic E-state index is 10.6. The molecule has 0 unspecified atom stereocenters. The summed E-state index contributed by atoms with van der Waals surface area (Å²) in [6.07, 6.45) is -1.11. The molecule has 0 amide bonds. The Kier molecular flexibility index (Phi) is 4.36. The highest BCUT2D eigenvalue weighted by molar-refractivity contribution is 5.76. The third kappa shape index (κ3) is 3.86. The van der Waals surface area contributed by atoms with Crippen molar-refractivity contribution in [3.8, 4) is 0 Å². The second-order valence-electron chi connectivity index (χ2n) is 2.83. The van der Waals surface area contributed by atoms with E-state index in [2.05, 4.69) is 0 Å². The van der Waals surface area contributed by atoms with Crippen molar-refractivity contribution >= 4 is 11.9 Å². The third-order valence-electron chi connectivity index (χ3n) is 1.57. The molecule has 0 aromatic rings. The number of carbonyl (C=O) groups is 2. The first-order valence-corrected chi connectivity index (χ1v) is 3.69. The first-order valence-electron chi connectivity index (χ1n) is 3.69. The molecular weight excluding hydrogens is 178 g/mol. The number of carboxylic acid groups (broad SMARTS) is 2. The van der Waals surface area contributed by atoms with E-state index < -0.39 is 30.6 Å². The minimum atomic E-state index is -1.24. The molecule has 0 saturated carbocycles.